The summed E-state index contributed by atoms with van der Waals surface area (Å²) in [5.74, 6) is 0. The summed E-state index contributed by atoms with van der Waals surface area (Å²) in [6.45, 7) is 1.36. The topological polar surface area (TPSA) is 49.8 Å². The van der Waals surface area contributed by atoms with Crippen molar-refractivity contribution in [2.24, 2.45) is 0 Å². The molecule has 4 heteroatoms. The van der Waals surface area contributed by atoms with E-state index in [1.54, 1.807) is 4.90 Å². The van der Waals surface area contributed by atoms with Crippen LogP contribution in [0.4, 0.5) is 4.79 Å². The first-order valence-corrected chi connectivity index (χ1v) is 9.46. The molecule has 136 valence electrons. The van der Waals surface area contributed by atoms with Crippen LogP contribution in [0.5, 0.6) is 0 Å². The van der Waals surface area contributed by atoms with Gasteiger partial charge in [0.05, 0.1) is 6.10 Å². The highest BCUT2D eigenvalue weighted by Crippen LogP contribution is 2.36. The molecular weight excluding hydrogens is 338 g/mol. The number of aliphatic hydroxyl groups is 1. The van der Waals surface area contributed by atoms with Gasteiger partial charge in [-0.05, 0) is 50.7 Å². The molecule has 0 aromatic heterocycles. The zero-order valence-corrected chi connectivity index (χ0v) is 15.0. The Morgan fingerprint density at radius 3 is 2.30 bits per heavy atom. The summed E-state index contributed by atoms with van der Waals surface area (Å²) in [6, 6.07) is 19.1. The molecule has 1 heterocycles. The molecule has 0 unspecified atom stereocenters. The largest absolute Gasteiger partial charge is 0.445 e. The predicted molar refractivity (Wildman–Crippen MR) is 107 cm³/mol. The van der Waals surface area contributed by atoms with Crippen LogP contribution in [-0.2, 0) is 11.3 Å². The summed E-state index contributed by atoms with van der Waals surface area (Å²) >= 11 is 0. The van der Waals surface area contributed by atoms with Gasteiger partial charge >= 0.3 is 6.09 Å². The predicted octanol–water partition coefficient (Wildman–Crippen LogP) is 4.68. The summed E-state index contributed by atoms with van der Waals surface area (Å²) in [6.07, 6.45) is 0.640. The molecule has 1 amide bonds. The van der Waals surface area contributed by atoms with Crippen LogP contribution in [0.15, 0.2) is 54.6 Å². The fraction of sp³-hybridized carbons (Fsp3) is 0.261. The molecular formula is C23H21NO3. The lowest BCUT2D eigenvalue weighted by Gasteiger charge is -2.28. The second-order valence-corrected chi connectivity index (χ2v) is 7.35. The number of nitrogens with zero attached hydrogens (tertiary/aromatic N) is 1. The summed E-state index contributed by atoms with van der Waals surface area (Å²) in [7, 11) is 0. The summed E-state index contributed by atoms with van der Waals surface area (Å²) in [5.41, 5.74) is 1.02. The third-order valence-corrected chi connectivity index (χ3v) is 5.69. The fourth-order valence-electron chi connectivity index (χ4n) is 4.20. The number of aliphatic hydroxyl groups excluding tert-OH is 1. The second kappa shape index (κ2) is 6.39. The zero-order chi connectivity index (χ0) is 18.4. The number of hydrogen-bond donors (Lipinski definition) is 1. The number of ether oxygens (including phenoxy) is 1. The fourth-order valence-corrected chi connectivity index (χ4v) is 4.20. The number of carbonyl (C=O) groups is 1. The normalized spacial score (nSPS) is 15.8. The van der Waals surface area contributed by atoms with Crippen LogP contribution in [0, 0.1) is 0 Å². The molecule has 4 nitrogen and oxygen atoms in total. The average molecular weight is 359 g/mol. The van der Waals surface area contributed by atoms with Gasteiger partial charge in [0.15, 0.2) is 0 Å². The molecule has 1 aliphatic heterocycles. The third-order valence-electron chi connectivity index (χ3n) is 5.69. The van der Waals surface area contributed by atoms with E-state index in [1.165, 1.54) is 26.9 Å². The number of rotatable bonds is 2. The molecule has 1 fully saturated rings. The highest BCUT2D eigenvalue weighted by Gasteiger charge is 2.22. The van der Waals surface area contributed by atoms with Crippen molar-refractivity contribution in [2.45, 2.75) is 25.6 Å². The Morgan fingerprint density at radius 2 is 1.56 bits per heavy atom. The molecule has 0 spiro atoms. The Kier molecular flexibility index (Phi) is 3.87. The van der Waals surface area contributed by atoms with Gasteiger partial charge in [-0.3, -0.25) is 0 Å². The lowest BCUT2D eigenvalue weighted by molar-refractivity contribution is 0.0562. The Bertz CT molecular complexity index is 1110. The van der Waals surface area contributed by atoms with E-state index in [0.717, 1.165) is 10.9 Å². The Labute approximate surface area is 157 Å². The number of piperidine rings is 1. The van der Waals surface area contributed by atoms with E-state index in [4.69, 9.17) is 4.74 Å². The monoisotopic (exact) mass is 359 g/mol. The molecule has 0 atom stereocenters. The maximum absolute atomic E-state index is 12.4. The number of amides is 1. The molecule has 0 bridgehead atoms. The van der Waals surface area contributed by atoms with Gasteiger partial charge in [-0.15, -0.1) is 0 Å². The van der Waals surface area contributed by atoms with Gasteiger partial charge in [0, 0.05) is 13.1 Å². The van der Waals surface area contributed by atoms with Crippen molar-refractivity contribution >= 4 is 38.4 Å². The zero-order valence-electron chi connectivity index (χ0n) is 15.0. The van der Waals surface area contributed by atoms with E-state index < -0.39 is 0 Å². The van der Waals surface area contributed by atoms with Gasteiger partial charge in [-0.1, -0.05) is 54.6 Å². The summed E-state index contributed by atoms with van der Waals surface area (Å²) in [5, 5.41) is 16.9. The number of hydrogen-bond acceptors (Lipinski definition) is 3. The molecule has 5 rings (SSSR count). The highest BCUT2D eigenvalue weighted by atomic mass is 16.6. The minimum atomic E-state index is -0.299. The van der Waals surface area contributed by atoms with Crippen LogP contribution in [0.3, 0.4) is 0 Å². The SMILES string of the molecule is O=C(OCc1ccc2ccc3cccc4ccc1c2c34)N1CCC(O)CC1. The number of likely N-dealkylation sites (tertiary alicyclic amines) is 1. The first-order valence-electron chi connectivity index (χ1n) is 9.46. The molecule has 0 aliphatic carbocycles. The molecule has 1 saturated heterocycles. The smallest absolute Gasteiger partial charge is 0.410 e. The van der Waals surface area contributed by atoms with Crippen LogP contribution < -0.4 is 0 Å². The van der Waals surface area contributed by atoms with Gasteiger partial charge in [-0.2, -0.15) is 0 Å². The molecule has 4 aromatic rings. The summed E-state index contributed by atoms with van der Waals surface area (Å²) < 4.78 is 5.60. The second-order valence-electron chi connectivity index (χ2n) is 7.35. The first-order chi connectivity index (χ1) is 13.2. The quantitative estimate of drug-likeness (QED) is 0.529. The lowest BCUT2D eigenvalue weighted by Crippen LogP contribution is -2.40. The maximum Gasteiger partial charge on any atom is 0.410 e. The van der Waals surface area contributed by atoms with Crippen LogP contribution in [-0.4, -0.2) is 35.3 Å². The van der Waals surface area contributed by atoms with Crippen molar-refractivity contribution in [1.29, 1.82) is 0 Å². The lowest BCUT2D eigenvalue weighted by atomic mass is 9.92. The van der Waals surface area contributed by atoms with Crippen molar-refractivity contribution < 1.29 is 14.6 Å². The molecule has 1 aliphatic rings. The Balaban J connectivity index is 1.47. The third kappa shape index (κ3) is 2.77. The number of carbonyl (C=O) groups excluding carboxylic acids is 1. The average Bonchev–Trinajstić information content (AvgIpc) is 2.71. The molecule has 0 radical (unpaired) electrons. The van der Waals surface area contributed by atoms with Gasteiger partial charge in [0.25, 0.3) is 0 Å². The van der Waals surface area contributed by atoms with Crippen molar-refractivity contribution in [3.8, 4) is 0 Å². The Morgan fingerprint density at radius 1 is 0.926 bits per heavy atom. The highest BCUT2D eigenvalue weighted by molar-refractivity contribution is 6.23. The van der Waals surface area contributed by atoms with Crippen molar-refractivity contribution in [3.63, 3.8) is 0 Å². The summed E-state index contributed by atoms with van der Waals surface area (Å²) in [4.78, 5) is 14.1. The molecule has 4 aromatic carbocycles. The van der Waals surface area contributed by atoms with Gasteiger partial charge < -0.3 is 14.7 Å². The van der Waals surface area contributed by atoms with Crippen molar-refractivity contribution in [3.05, 3.63) is 60.2 Å². The van der Waals surface area contributed by atoms with Gasteiger partial charge in [0.2, 0.25) is 0 Å². The standard InChI is InChI=1S/C23H21NO3/c25-19-10-12-24(13-11-19)23(26)27-14-18-7-6-17-5-4-15-2-1-3-16-8-9-20(18)22(17)21(15)16/h1-9,19,25H,10-14H2. The number of benzene rings is 4. The molecule has 0 saturated carbocycles. The van der Waals surface area contributed by atoms with Crippen LogP contribution in [0.1, 0.15) is 18.4 Å². The molecule has 27 heavy (non-hydrogen) atoms. The first kappa shape index (κ1) is 16.3. The van der Waals surface area contributed by atoms with Crippen LogP contribution in [0.2, 0.25) is 0 Å². The van der Waals surface area contributed by atoms with Gasteiger partial charge in [-0.25, -0.2) is 4.79 Å². The van der Waals surface area contributed by atoms with E-state index in [0.29, 0.717) is 25.9 Å². The Hall–Kier alpha value is -2.85. The van der Waals surface area contributed by atoms with E-state index in [9.17, 15) is 9.90 Å². The van der Waals surface area contributed by atoms with E-state index in [2.05, 4.69) is 54.6 Å². The van der Waals surface area contributed by atoms with Crippen LogP contribution in [0.25, 0.3) is 32.3 Å². The van der Waals surface area contributed by atoms with Gasteiger partial charge in [0.1, 0.15) is 6.61 Å². The van der Waals surface area contributed by atoms with E-state index >= 15 is 0 Å². The molecule has 1 N–H and O–H groups in total. The van der Waals surface area contributed by atoms with Crippen molar-refractivity contribution in [2.75, 3.05) is 13.1 Å². The van der Waals surface area contributed by atoms with E-state index in [1.807, 2.05) is 0 Å². The van der Waals surface area contributed by atoms with Crippen molar-refractivity contribution in [1.82, 2.24) is 4.90 Å². The minimum absolute atomic E-state index is 0.256. The van der Waals surface area contributed by atoms with Crippen LogP contribution >= 0.6 is 0 Å². The maximum atomic E-state index is 12.4. The van der Waals surface area contributed by atoms with E-state index in [-0.39, 0.29) is 18.8 Å². The minimum Gasteiger partial charge on any atom is -0.445 e.